The van der Waals surface area contributed by atoms with E-state index in [1.807, 2.05) is 13.8 Å². The molecular weight excluding hydrogens is 258 g/mol. The van der Waals surface area contributed by atoms with E-state index in [-0.39, 0.29) is 36.9 Å². The molecule has 20 heavy (non-hydrogen) atoms. The molecule has 6 nitrogen and oxygen atoms in total. The van der Waals surface area contributed by atoms with Crippen molar-refractivity contribution >= 4 is 17.5 Å². The van der Waals surface area contributed by atoms with Crippen molar-refractivity contribution in [2.24, 2.45) is 5.92 Å². The Morgan fingerprint density at radius 1 is 1.25 bits per heavy atom. The van der Waals surface area contributed by atoms with E-state index in [1.54, 1.807) is 24.3 Å². The highest BCUT2D eigenvalue weighted by molar-refractivity contribution is 5.96. The zero-order valence-electron chi connectivity index (χ0n) is 11.7. The summed E-state index contributed by atoms with van der Waals surface area (Å²) >= 11 is 0. The third-order valence-electron chi connectivity index (χ3n) is 2.93. The number of anilines is 1. The second-order valence-corrected chi connectivity index (χ2v) is 4.91. The van der Waals surface area contributed by atoms with Crippen molar-refractivity contribution in [3.8, 4) is 0 Å². The van der Waals surface area contributed by atoms with Crippen molar-refractivity contribution in [1.29, 1.82) is 0 Å². The van der Waals surface area contributed by atoms with Gasteiger partial charge < -0.3 is 21.5 Å². The van der Waals surface area contributed by atoms with Gasteiger partial charge in [0.15, 0.2) is 0 Å². The Morgan fingerprint density at radius 3 is 2.35 bits per heavy atom. The minimum absolute atomic E-state index is 0.122. The van der Waals surface area contributed by atoms with Crippen molar-refractivity contribution in [3.05, 3.63) is 29.8 Å². The van der Waals surface area contributed by atoms with Crippen molar-refractivity contribution < 1.29 is 14.7 Å². The standard InChI is InChI=1S/C14H21N3O3/c1-9(2)12(8-18)17-13(19)7-16-14(20)10-3-5-11(15)6-4-10/h3-6,9,12,18H,7-8,15H2,1-2H3,(H,16,20)(H,17,19)/t12-/m1/s1. The van der Waals surface area contributed by atoms with Gasteiger partial charge in [-0.15, -0.1) is 0 Å². The Labute approximate surface area is 118 Å². The third kappa shape index (κ3) is 4.89. The first kappa shape index (κ1) is 16.0. The molecule has 0 saturated carbocycles. The molecule has 2 amide bonds. The first-order chi connectivity index (χ1) is 9.43. The van der Waals surface area contributed by atoms with Crippen LogP contribution in [0.5, 0.6) is 0 Å². The van der Waals surface area contributed by atoms with Gasteiger partial charge >= 0.3 is 0 Å². The fourth-order valence-corrected chi connectivity index (χ4v) is 1.58. The number of nitrogen functional groups attached to an aromatic ring is 1. The third-order valence-corrected chi connectivity index (χ3v) is 2.93. The normalized spacial score (nSPS) is 12.0. The molecule has 0 aliphatic heterocycles. The highest BCUT2D eigenvalue weighted by atomic mass is 16.3. The van der Waals surface area contributed by atoms with Gasteiger partial charge in [0, 0.05) is 11.3 Å². The van der Waals surface area contributed by atoms with Crippen LogP contribution in [0.3, 0.4) is 0 Å². The number of carbonyl (C=O) groups excluding carboxylic acids is 2. The number of hydrogen-bond donors (Lipinski definition) is 4. The number of aliphatic hydroxyl groups excluding tert-OH is 1. The Morgan fingerprint density at radius 2 is 1.85 bits per heavy atom. The molecule has 0 radical (unpaired) electrons. The SMILES string of the molecule is CC(C)[C@@H](CO)NC(=O)CNC(=O)c1ccc(N)cc1. The van der Waals surface area contributed by atoms with E-state index in [2.05, 4.69) is 10.6 Å². The second kappa shape index (κ2) is 7.49. The van der Waals surface area contributed by atoms with Gasteiger partial charge in [-0.25, -0.2) is 0 Å². The molecule has 1 rings (SSSR count). The Balaban J connectivity index is 2.44. The quantitative estimate of drug-likeness (QED) is 0.556. The van der Waals surface area contributed by atoms with Gasteiger partial charge in [-0.1, -0.05) is 13.8 Å². The second-order valence-electron chi connectivity index (χ2n) is 4.91. The van der Waals surface area contributed by atoms with E-state index in [0.717, 1.165) is 0 Å². The van der Waals surface area contributed by atoms with Crippen LogP contribution in [0, 0.1) is 5.92 Å². The molecule has 0 bridgehead atoms. The maximum absolute atomic E-state index is 11.8. The lowest BCUT2D eigenvalue weighted by atomic mass is 10.1. The number of carbonyl (C=O) groups is 2. The molecule has 5 N–H and O–H groups in total. The van der Waals surface area contributed by atoms with E-state index in [0.29, 0.717) is 11.3 Å². The molecule has 0 aliphatic rings. The van der Waals surface area contributed by atoms with E-state index in [9.17, 15) is 9.59 Å². The topological polar surface area (TPSA) is 104 Å². The van der Waals surface area contributed by atoms with Crippen LogP contribution in [0.1, 0.15) is 24.2 Å². The molecule has 0 spiro atoms. The predicted molar refractivity (Wildman–Crippen MR) is 77.0 cm³/mol. The van der Waals surface area contributed by atoms with E-state index >= 15 is 0 Å². The molecule has 1 atom stereocenters. The van der Waals surface area contributed by atoms with Crippen molar-refractivity contribution in [2.45, 2.75) is 19.9 Å². The maximum atomic E-state index is 11.8. The number of benzene rings is 1. The van der Waals surface area contributed by atoms with Crippen LogP contribution in [0.15, 0.2) is 24.3 Å². The monoisotopic (exact) mass is 279 g/mol. The molecule has 1 aromatic carbocycles. The van der Waals surface area contributed by atoms with Crippen LogP contribution in [0.25, 0.3) is 0 Å². The van der Waals surface area contributed by atoms with Crippen LogP contribution >= 0.6 is 0 Å². The minimum Gasteiger partial charge on any atom is -0.399 e. The van der Waals surface area contributed by atoms with E-state index < -0.39 is 0 Å². The lowest BCUT2D eigenvalue weighted by molar-refractivity contribution is -0.121. The summed E-state index contributed by atoms with van der Waals surface area (Å²) in [6, 6.07) is 6.11. The molecule has 1 aromatic rings. The molecule has 110 valence electrons. The van der Waals surface area contributed by atoms with Gasteiger partial charge in [-0.2, -0.15) is 0 Å². The Hall–Kier alpha value is -2.08. The molecule has 0 heterocycles. The summed E-state index contributed by atoms with van der Waals surface area (Å²) in [7, 11) is 0. The van der Waals surface area contributed by atoms with Crippen molar-refractivity contribution in [1.82, 2.24) is 10.6 Å². The summed E-state index contributed by atoms with van der Waals surface area (Å²) in [5.41, 5.74) is 6.54. The summed E-state index contributed by atoms with van der Waals surface area (Å²) in [5, 5.41) is 14.3. The van der Waals surface area contributed by atoms with Gasteiger partial charge in [-0.3, -0.25) is 9.59 Å². The predicted octanol–water partition coefficient (Wildman–Crippen LogP) is 0.132. The highest BCUT2D eigenvalue weighted by Gasteiger charge is 2.15. The van der Waals surface area contributed by atoms with Crippen LogP contribution in [-0.4, -0.2) is 36.1 Å². The first-order valence-corrected chi connectivity index (χ1v) is 6.48. The van der Waals surface area contributed by atoms with Gasteiger partial charge in [0.1, 0.15) is 0 Å². The van der Waals surface area contributed by atoms with Crippen LogP contribution in [0.2, 0.25) is 0 Å². The number of nitrogens with one attached hydrogen (secondary N) is 2. The average molecular weight is 279 g/mol. The van der Waals surface area contributed by atoms with Gasteiger partial charge in [0.2, 0.25) is 5.91 Å². The average Bonchev–Trinajstić information content (AvgIpc) is 2.42. The van der Waals surface area contributed by atoms with Crippen LogP contribution < -0.4 is 16.4 Å². The van der Waals surface area contributed by atoms with Crippen molar-refractivity contribution in [3.63, 3.8) is 0 Å². The molecule has 0 aromatic heterocycles. The van der Waals surface area contributed by atoms with Crippen molar-refractivity contribution in [2.75, 3.05) is 18.9 Å². The Bertz CT molecular complexity index is 457. The number of hydrogen-bond acceptors (Lipinski definition) is 4. The maximum Gasteiger partial charge on any atom is 0.251 e. The summed E-state index contributed by atoms with van der Waals surface area (Å²) in [6.45, 7) is 3.53. The summed E-state index contributed by atoms with van der Waals surface area (Å²) < 4.78 is 0. The molecule has 0 saturated heterocycles. The Kier molecular flexibility index (Phi) is 5.99. The molecular formula is C14H21N3O3. The highest BCUT2D eigenvalue weighted by Crippen LogP contribution is 2.05. The minimum atomic E-state index is -0.342. The number of nitrogens with two attached hydrogens (primary N) is 1. The molecule has 0 fully saturated rings. The lowest BCUT2D eigenvalue weighted by Crippen LogP contribution is -2.45. The largest absolute Gasteiger partial charge is 0.399 e. The summed E-state index contributed by atoms with van der Waals surface area (Å²) in [5.74, 6) is -0.552. The number of amides is 2. The van der Waals surface area contributed by atoms with Gasteiger partial charge in [-0.05, 0) is 30.2 Å². The molecule has 6 heteroatoms. The lowest BCUT2D eigenvalue weighted by Gasteiger charge is -2.19. The number of rotatable bonds is 6. The van der Waals surface area contributed by atoms with Crippen LogP contribution in [-0.2, 0) is 4.79 Å². The zero-order chi connectivity index (χ0) is 15.1. The summed E-state index contributed by atoms with van der Waals surface area (Å²) in [4.78, 5) is 23.4. The van der Waals surface area contributed by atoms with Gasteiger partial charge in [0.25, 0.3) is 5.91 Å². The summed E-state index contributed by atoms with van der Waals surface area (Å²) in [6.07, 6.45) is 0. The molecule has 0 aliphatic carbocycles. The fourth-order valence-electron chi connectivity index (χ4n) is 1.58. The fraction of sp³-hybridized carbons (Fsp3) is 0.429. The van der Waals surface area contributed by atoms with E-state index in [4.69, 9.17) is 10.8 Å². The molecule has 0 unspecified atom stereocenters. The van der Waals surface area contributed by atoms with Gasteiger partial charge in [0.05, 0.1) is 19.2 Å². The smallest absolute Gasteiger partial charge is 0.251 e. The first-order valence-electron chi connectivity index (χ1n) is 6.48. The van der Waals surface area contributed by atoms with E-state index in [1.165, 1.54) is 0 Å². The zero-order valence-corrected chi connectivity index (χ0v) is 11.7. The number of aliphatic hydroxyl groups is 1. The van der Waals surface area contributed by atoms with Crippen LogP contribution in [0.4, 0.5) is 5.69 Å².